The number of hydrogen-bond donors (Lipinski definition) is 0. The summed E-state index contributed by atoms with van der Waals surface area (Å²) >= 11 is 1.90. The van der Waals surface area contributed by atoms with Crippen molar-refractivity contribution in [2.45, 2.75) is 12.8 Å². The maximum Gasteiger partial charge on any atom is 0.0915 e. The molecule has 0 spiro atoms. The van der Waals surface area contributed by atoms with E-state index in [1.54, 1.807) is 0 Å². The zero-order chi connectivity index (χ0) is 37.5. The summed E-state index contributed by atoms with van der Waals surface area (Å²) in [6.45, 7) is 0. The van der Waals surface area contributed by atoms with Gasteiger partial charge in [0, 0.05) is 71.2 Å². The van der Waals surface area contributed by atoms with Gasteiger partial charge in [-0.05, 0) is 97.3 Å². The van der Waals surface area contributed by atoms with E-state index < -0.39 is 0 Å². The Balaban J connectivity index is 1.13. The molecule has 0 fully saturated rings. The third kappa shape index (κ3) is 4.97. The number of allylic oxidation sites excluding steroid dienone is 1. The van der Waals surface area contributed by atoms with Crippen LogP contribution >= 0.6 is 11.3 Å². The third-order valence-electron chi connectivity index (χ3n) is 11.5. The normalized spacial score (nSPS) is 12.7. The number of aromatic nitrogens is 5. The van der Waals surface area contributed by atoms with Gasteiger partial charge in [0.1, 0.15) is 0 Å². The minimum atomic E-state index is 0.822. The Kier molecular flexibility index (Phi) is 7.16. The van der Waals surface area contributed by atoms with E-state index in [-0.39, 0.29) is 0 Å². The predicted octanol–water partition coefficient (Wildman–Crippen LogP) is 13.2. The van der Waals surface area contributed by atoms with E-state index in [0.717, 1.165) is 41.3 Å². The molecular weight excluding hydrogens is 715 g/mol. The number of nitrogens with zero attached hydrogens (tertiary/aromatic N) is 5. The van der Waals surface area contributed by atoms with E-state index in [2.05, 4.69) is 137 Å². The average Bonchev–Trinajstić information content (AvgIpc) is 3.94. The van der Waals surface area contributed by atoms with Crippen molar-refractivity contribution in [3.8, 4) is 45.3 Å². The van der Waals surface area contributed by atoms with Gasteiger partial charge in [0.05, 0.1) is 45.0 Å². The van der Waals surface area contributed by atoms with Gasteiger partial charge in [-0.25, -0.2) is 4.98 Å². The van der Waals surface area contributed by atoms with Crippen LogP contribution in [0.1, 0.15) is 17.7 Å². The van der Waals surface area contributed by atoms with Crippen LogP contribution in [0.3, 0.4) is 0 Å². The van der Waals surface area contributed by atoms with Gasteiger partial charge in [-0.1, -0.05) is 84.9 Å². The van der Waals surface area contributed by atoms with Gasteiger partial charge in [-0.15, -0.1) is 11.3 Å². The van der Waals surface area contributed by atoms with Gasteiger partial charge in [0.2, 0.25) is 0 Å². The van der Waals surface area contributed by atoms with E-state index in [4.69, 9.17) is 15.0 Å². The summed E-state index contributed by atoms with van der Waals surface area (Å²) in [7, 11) is 0. The van der Waals surface area contributed by atoms with Crippen LogP contribution in [0.15, 0.2) is 170 Å². The van der Waals surface area contributed by atoms with Gasteiger partial charge >= 0.3 is 0 Å². The molecule has 0 amide bonds. The minimum absolute atomic E-state index is 0.822. The summed E-state index contributed by atoms with van der Waals surface area (Å²) in [5, 5.41) is 6.37. The van der Waals surface area contributed by atoms with Crippen molar-refractivity contribution < 1.29 is 0 Å². The van der Waals surface area contributed by atoms with Crippen LogP contribution in [0.5, 0.6) is 0 Å². The number of benzene rings is 5. The van der Waals surface area contributed by atoms with E-state index in [9.17, 15) is 0 Å². The Bertz CT molecular complexity index is 3330. The quantitative estimate of drug-likeness (QED) is 0.176. The van der Waals surface area contributed by atoms with Gasteiger partial charge in [0.15, 0.2) is 0 Å². The maximum atomic E-state index is 5.09. The first-order valence-corrected chi connectivity index (χ1v) is 20.2. The molecule has 0 bridgehead atoms. The van der Waals surface area contributed by atoms with E-state index in [0.29, 0.717) is 0 Å². The van der Waals surface area contributed by atoms with E-state index >= 15 is 0 Å². The molecular formula is C51H33N5S. The summed E-state index contributed by atoms with van der Waals surface area (Å²) in [6, 6.07) is 54.4. The fourth-order valence-electron chi connectivity index (χ4n) is 9.02. The molecule has 11 aromatic rings. The van der Waals surface area contributed by atoms with Crippen LogP contribution in [0.2, 0.25) is 0 Å². The summed E-state index contributed by atoms with van der Waals surface area (Å²) in [6.07, 6.45) is 10.2. The lowest BCUT2D eigenvalue weighted by molar-refractivity contribution is 0.887. The molecule has 0 N–H and O–H groups in total. The molecule has 6 aromatic heterocycles. The monoisotopic (exact) mass is 747 g/mol. The molecule has 6 heteroatoms. The van der Waals surface area contributed by atoms with Crippen molar-refractivity contribution in [3.05, 3.63) is 181 Å². The summed E-state index contributed by atoms with van der Waals surface area (Å²) in [5.41, 5.74) is 14.3. The summed E-state index contributed by atoms with van der Waals surface area (Å²) in [5.74, 6) is 0. The fraction of sp³-hybridized carbons (Fsp3) is 0.0392. The zero-order valence-corrected chi connectivity index (χ0v) is 31.6. The summed E-state index contributed by atoms with van der Waals surface area (Å²) < 4.78 is 7.52. The highest BCUT2D eigenvalue weighted by Crippen LogP contribution is 2.48. The van der Waals surface area contributed by atoms with Crippen LogP contribution in [0, 0.1) is 0 Å². The van der Waals surface area contributed by atoms with Gasteiger partial charge < -0.3 is 9.13 Å². The molecule has 0 atom stereocenters. The first-order chi connectivity index (χ1) is 28.3. The third-order valence-corrected chi connectivity index (χ3v) is 12.7. The first kappa shape index (κ1) is 32.1. The minimum Gasteiger partial charge on any atom is -0.313 e. The van der Waals surface area contributed by atoms with Crippen LogP contribution in [-0.2, 0) is 6.42 Å². The standard InChI is InChI=1S/C51H33N5S/c1-2-14-33(15-3-1)56-46-22-8-5-17-36(46)40-31-38(51-49(50(40)56)37-18-6-9-23-48(37)57-51)32-24-25-47-39(28-32)35-16-4-7-21-45(35)55(47)34-29-43(41-19-10-12-26-52-41)54-44(30-34)42-20-11-13-27-53-42/h1-6,8-20,22-31H,7,21H2. The number of para-hydroxylation sites is 2. The number of rotatable bonds is 5. The highest BCUT2D eigenvalue weighted by molar-refractivity contribution is 7.26. The van der Waals surface area contributed by atoms with E-state index in [1.807, 2.05) is 60.1 Å². The van der Waals surface area contributed by atoms with Crippen molar-refractivity contribution in [2.75, 3.05) is 0 Å². The Labute approximate surface area is 332 Å². The lowest BCUT2D eigenvalue weighted by atomic mass is 9.96. The van der Waals surface area contributed by atoms with Crippen molar-refractivity contribution in [2.24, 2.45) is 0 Å². The number of pyridine rings is 3. The van der Waals surface area contributed by atoms with Crippen molar-refractivity contribution in [3.63, 3.8) is 0 Å². The highest BCUT2D eigenvalue weighted by atomic mass is 32.1. The SMILES string of the molecule is C1=Cc2c(n(-c3cc(-c4ccccn4)nc(-c4ccccn4)c3)c3ccc(-c4cc5c6ccccc6n(-c6ccccc6)c5c5c4sc4ccccc45)cc23)CC1. The van der Waals surface area contributed by atoms with E-state index in [1.165, 1.54) is 81.0 Å². The Hall–Kier alpha value is -7.15. The topological polar surface area (TPSA) is 48.5 Å². The Morgan fingerprint density at radius 3 is 2.00 bits per heavy atom. The average molecular weight is 748 g/mol. The smallest absolute Gasteiger partial charge is 0.0915 e. The van der Waals surface area contributed by atoms with Gasteiger partial charge in [-0.2, -0.15) is 0 Å². The highest BCUT2D eigenvalue weighted by Gasteiger charge is 2.24. The van der Waals surface area contributed by atoms with Crippen LogP contribution in [-0.4, -0.2) is 24.1 Å². The molecule has 1 aliphatic carbocycles. The fourth-order valence-corrected chi connectivity index (χ4v) is 10.3. The van der Waals surface area contributed by atoms with Crippen LogP contribution in [0.25, 0.3) is 104 Å². The predicted molar refractivity (Wildman–Crippen MR) is 238 cm³/mol. The molecule has 5 nitrogen and oxygen atoms in total. The molecule has 0 saturated heterocycles. The Morgan fingerprint density at radius 2 is 1.23 bits per heavy atom. The molecule has 12 rings (SSSR count). The van der Waals surface area contributed by atoms with Crippen LogP contribution in [0.4, 0.5) is 0 Å². The second kappa shape index (κ2) is 12.7. The molecule has 5 aromatic carbocycles. The molecule has 0 aliphatic heterocycles. The molecule has 0 unspecified atom stereocenters. The molecule has 57 heavy (non-hydrogen) atoms. The van der Waals surface area contributed by atoms with Gasteiger partial charge in [0.25, 0.3) is 0 Å². The lowest BCUT2D eigenvalue weighted by Crippen LogP contribution is -2.05. The van der Waals surface area contributed by atoms with Crippen LogP contribution < -0.4 is 0 Å². The number of thiophene rings is 1. The molecule has 0 saturated carbocycles. The largest absolute Gasteiger partial charge is 0.313 e. The first-order valence-electron chi connectivity index (χ1n) is 19.4. The molecule has 1 aliphatic rings. The van der Waals surface area contributed by atoms with Crippen molar-refractivity contribution in [1.82, 2.24) is 24.1 Å². The zero-order valence-electron chi connectivity index (χ0n) is 30.8. The molecule has 268 valence electrons. The molecule has 0 radical (unpaired) electrons. The Morgan fingerprint density at radius 1 is 0.526 bits per heavy atom. The lowest BCUT2D eigenvalue weighted by Gasteiger charge is -2.16. The number of hydrogen-bond acceptors (Lipinski definition) is 4. The van der Waals surface area contributed by atoms with Crippen molar-refractivity contribution >= 4 is 70.3 Å². The number of fused-ring (bicyclic) bond motifs is 10. The van der Waals surface area contributed by atoms with Gasteiger partial charge in [-0.3, -0.25) is 9.97 Å². The second-order valence-electron chi connectivity index (χ2n) is 14.7. The maximum absolute atomic E-state index is 5.09. The summed E-state index contributed by atoms with van der Waals surface area (Å²) in [4.78, 5) is 14.5. The van der Waals surface area contributed by atoms with Crippen molar-refractivity contribution in [1.29, 1.82) is 0 Å². The second-order valence-corrected chi connectivity index (χ2v) is 15.8. The molecule has 6 heterocycles.